The number of benzene rings is 3. The number of amides is 1. The van der Waals surface area contributed by atoms with Crippen molar-refractivity contribution in [2.24, 2.45) is 0 Å². The fourth-order valence-electron chi connectivity index (χ4n) is 3.98. The summed E-state index contributed by atoms with van der Waals surface area (Å²) in [5.74, 6) is 0.292. The molecule has 35 heavy (non-hydrogen) atoms. The van der Waals surface area contributed by atoms with Crippen LogP contribution in [0.15, 0.2) is 78.9 Å². The van der Waals surface area contributed by atoms with Gasteiger partial charge in [-0.1, -0.05) is 36.4 Å². The Labute approximate surface area is 200 Å². The second-order valence-corrected chi connectivity index (χ2v) is 8.50. The quantitative estimate of drug-likeness (QED) is 0.334. The first-order chi connectivity index (χ1) is 16.9. The fraction of sp³-hybridized carbons (Fsp3) is 0.222. The first kappa shape index (κ1) is 22.8. The number of rotatable bonds is 8. The fourth-order valence-corrected chi connectivity index (χ4v) is 3.98. The molecule has 0 radical (unpaired) electrons. The van der Waals surface area contributed by atoms with Crippen LogP contribution in [0.4, 0.5) is 13.2 Å². The Bertz CT molecular complexity index is 1350. The maximum Gasteiger partial charge on any atom is 0.573 e. The number of hydrogen-bond acceptors (Lipinski definition) is 3. The summed E-state index contributed by atoms with van der Waals surface area (Å²) in [5.41, 5.74) is 2.45. The van der Waals surface area contributed by atoms with E-state index in [1.54, 1.807) is 24.3 Å². The molecular weight excluding hydrogens is 457 g/mol. The number of halogens is 3. The normalized spacial score (nSPS) is 13.6. The molecule has 1 aliphatic rings. The van der Waals surface area contributed by atoms with Crippen LogP contribution in [0.2, 0.25) is 0 Å². The van der Waals surface area contributed by atoms with Crippen molar-refractivity contribution in [1.82, 2.24) is 9.88 Å². The Kier molecular flexibility index (Phi) is 6.11. The van der Waals surface area contributed by atoms with Gasteiger partial charge in [-0.2, -0.15) is 0 Å². The number of carbonyl (C=O) groups is 1. The zero-order valence-corrected chi connectivity index (χ0v) is 18.7. The van der Waals surface area contributed by atoms with Gasteiger partial charge in [0.15, 0.2) is 0 Å². The van der Waals surface area contributed by atoms with Crippen molar-refractivity contribution >= 4 is 16.8 Å². The van der Waals surface area contributed by atoms with Gasteiger partial charge in [0.05, 0.1) is 12.2 Å². The van der Waals surface area contributed by atoms with Crippen LogP contribution in [0.25, 0.3) is 10.9 Å². The first-order valence-corrected chi connectivity index (χ1v) is 11.3. The predicted molar refractivity (Wildman–Crippen MR) is 125 cm³/mol. The number of aromatic nitrogens is 1. The van der Waals surface area contributed by atoms with Crippen LogP contribution in [0.1, 0.15) is 34.5 Å². The van der Waals surface area contributed by atoms with Crippen LogP contribution < -0.4 is 14.8 Å². The first-order valence-electron chi connectivity index (χ1n) is 11.3. The zero-order valence-electron chi connectivity index (χ0n) is 18.7. The van der Waals surface area contributed by atoms with E-state index in [-0.39, 0.29) is 30.9 Å². The van der Waals surface area contributed by atoms with E-state index in [0.717, 1.165) is 29.4 Å². The van der Waals surface area contributed by atoms with Crippen molar-refractivity contribution in [3.05, 3.63) is 95.7 Å². The molecule has 0 unspecified atom stereocenters. The second kappa shape index (κ2) is 9.37. The molecule has 1 fully saturated rings. The molecule has 0 spiro atoms. The number of alkyl halides is 3. The molecule has 1 saturated carbocycles. The number of nitrogens with zero attached hydrogens (tertiary/aromatic N) is 1. The smallest absolute Gasteiger partial charge is 0.487 e. The molecule has 1 N–H and O–H groups in total. The van der Waals surface area contributed by atoms with Crippen molar-refractivity contribution < 1.29 is 27.4 Å². The second-order valence-electron chi connectivity index (χ2n) is 8.50. The van der Waals surface area contributed by atoms with Crippen LogP contribution >= 0.6 is 0 Å². The number of hydrogen-bond donors (Lipinski definition) is 1. The highest BCUT2D eigenvalue weighted by atomic mass is 19.4. The topological polar surface area (TPSA) is 52.5 Å². The van der Waals surface area contributed by atoms with Crippen LogP contribution in [0.5, 0.6) is 11.5 Å². The summed E-state index contributed by atoms with van der Waals surface area (Å²) >= 11 is 0. The van der Waals surface area contributed by atoms with Gasteiger partial charge in [-0.05, 0) is 55.3 Å². The highest BCUT2D eigenvalue weighted by Gasteiger charge is 2.32. The van der Waals surface area contributed by atoms with Gasteiger partial charge in [0.1, 0.15) is 18.1 Å². The molecule has 3 aromatic carbocycles. The summed E-state index contributed by atoms with van der Waals surface area (Å²) < 4.78 is 51.0. The van der Waals surface area contributed by atoms with E-state index in [0.29, 0.717) is 16.9 Å². The van der Waals surface area contributed by atoms with Gasteiger partial charge in [0.25, 0.3) is 5.91 Å². The van der Waals surface area contributed by atoms with Gasteiger partial charge in [0, 0.05) is 28.1 Å². The minimum absolute atomic E-state index is 0.131. The van der Waals surface area contributed by atoms with E-state index in [1.807, 2.05) is 47.0 Å². The Morgan fingerprint density at radius 1 is 0.971 bits per heavy atom. The third-order valence-electron chi connectivity index (χ3n) is 5.82. The molecule has 0 aliphatic heterocycles. The van der Waals surface area contributed by atoms with Crippen LogP contribution in [-0.2, 0) is 13.2 Å². The van der Waals surface area contributed by atoms with Crippen LogP contribution in [-0.4, -0.2) is 22.9 Å². The summed E-state index contributed by atoms with van der Waals surface area (Å²) in [7, 11) is 0. The Morgan fingerprint density at radius 2 is 1.71 bits per heavy atom. The third kappa shape index (κ3) is 5.59. The van der Waals surface area contributed by atoms with Crippen molar-refractivity contribution in [2.75, 3.05) is 0 Å². The molecule has 1 amide bonds. The summed E-state index contributed by atoms with van der Waals surface area (Å²) in [5, 5.41) is 3.78. The standard InChI is InChI=1S/C27H23F3N2O3/c28-27(29,30)35-25-9-5-4-6-19(25)16-32-22(17-34-23-7-2-1-3-8-23)15-20-14-18(10-13-24(20)32)26(33)31-21-11-12-21/h1-10,13-15,21H,11-12,16-17H2,(H,31,33). The molecule has 180 valence electrons. The van der Waals surface area contributed by atoms with Crippen molar-refractivity contribution in [1.29, 1.82) is 0 Å². The number of nitrogens with one attached hydrogen (secondary N) is 1. The molecule has 8 heteroatoms. The van der Waals surface area contributed by atoms with E-state index in [9.17, 15) is 18.0 Å². The van der Waals surface area contributed by atoms with Crippen LogP contribution in [0.3, 0.4) is 0 Å². The maximum absolute atomic E-state index is 13.0. The highest BCUT2D eigenvalue weighted by molar-refractivity contribution is 5.98. The van der Waals surface area contributed by atoms with E-state index in [1.165, 1.54) is 12.1 Å². The Hall–Kier alpha value is -3.94. The average Bonchev–Trinajstić information content (AvgIpc) is 3.58. The summed E-state index contributed by atoms with van der Waals surface area (Å²) in [6.07, 6.45) is -2.81. The zero-order chi connectivity index (χ0) is 24.4. The number of ether oxygens (including phenoxy) is 2. The van der Waals surface area contributed by atoms with E-state index in [4.69, 9.17) is 4.74 Å². The molecule has 1 heterocycles. The largest absolute Gasteiger partial charge is 0.573 e. The van der Waals surface area contributed by atoms with Crippen LogP contribution in [0, 0.1) is 0 Å². The monoisotopic (exact) mass is 480 g/mol. The lowest BCUT2D eigenvalue weighted by molar-refractivity contribution is -0.274. The van der Waals surface area contributed by atoms with Crippen molar-refractivity contribution in [2.45, 2.75) is 38.4 Å². The molecule has 1 aliphatic carbocycles. The highest BCUT2D eigenvalue weighted by Crippen LogP contribution is 2.30. The lowest BCUT2D eigenvalue weighted by Gasteiger charge is -2.16. The average molecular weight is 480 g/mol. The molecule has 0 bridgehead atoms. The van der Waals surface area contributed by atoms with Gasteiger partial charge in [-0.3, -0.25) is 4.79 Å². The SMILES string of the molecule is O=C(NC1CC1)c1ccc2c(c1)cc(COc1ccccc1)n2Cc1ccccc1OC(F)(F)F. The van der Waals surface area contributed by atoms with E-state index in [2.05, 4.69) is 10.1 Å². The van der Waals surface area contributed by atoms with E-state index < -0.39 is 6.36 Å². The Balaban J connectivity index is 1.50. The summed E-state index contributed by atoms with van der Waals surface area (Å²) in [4.78, 5) is 12.5. The Morgan fingerprint density at radius 3 is 2.46 bits per heavy atom. The number of carbonyl (C=O) groups excluding carboxylic acids is 1. The van der Waals surface area contributed by atoms with Crippen molar-refractivity contribution in [3.8, 4) is 11.5 Å². The molecular formula is C27H23F3N2O3. The van der Waals surface area contributed by atoms with Gasteiger partial charge in [-0.15, -0.1) is 13.2 Å². The molecule has 5 nitrogen and oxygen atoms in total. The molecule has 1 aromatic heterocycles. The van der Waals surface area contributed by atoms with Gasteiger partial charge < -0.3 is 19.4 Å². The molecule has 4 aromatic rings. The van der Waals surface area contributed by atoms with Gasteiger partial charge in [0.2, 0.25) is 0 Å². The third-order valence-corrected chi connectivity index (χ3v) is 5.82. The molecule has 0 atom stereocenters. The van der Waals surface area contributed by atoms with Crippen molar-refractivity contribution in [3.63, 3.8) is 0 Å². The lowest BCUT2D eigenvalue weighted by Crippen LogP contribution is -2.25. The maximum atomic E-state index is 13.0. The summed E-state index contributed by atoms with van der Waals surface area (Å²) in [6, 6.07) is 22.8. The molecule has 0 saturated heterocycles. The predicted octanol–water partition coefficient (Wildman–Crippen LogP) is 6.06. The minimum Gasteiger partial charge on any atom is -0.487 e. The van der Waals surface area contributed by atoms with Gasteiger partial charge in [-0.25, -0.2) is 0 Å². The number of fused-ring (bicyclic) bond motifs is 1. The van der Waals surface area contributed by atoms with Gasteiger partial charge >= 0.3 is 6.36 Å². The minimum atomic E-state index is -4.79. The lowest BCUT2D eigenvalue weighted by atomic mass is 10.1. The number of para-hydroxylation sites is 2. The van der Waals surface area contributed by atoms with E-state index >= 15 is 0 Å². The molecule has 5 rings (SSSR count). The summed E-state index contributed by atoms with van der Waals surface area (Å²) in [6.45, 7) is 0.335.